The largest absolute Gasteiger partial charge is 0.339 e. The van der Waals surface area contributed by atoms with Gasteiger partial charge in [0.15, 0.2) is 6.54 Å². The highest BCUT2D eigenvalue weighted by Gasteiger charge is 2.21. The van der Waals surface area contributed by atoms with Crippen molar-refractivity contribution in [3.05, 3.63) is 65.2 Å². The maximum Gasteiger partial charge on any atom is 0.279 e. The highest BCUT2D eigenvalue weighted by atomic mass is 16.2. The third-order valence-electron chi connectivity index (χ3n) is 5.49. The number of amides is 2. The molecule has 0 aliphatic heterocycles. The van der Waals surface area contributed by atoms with E-state index in [9.17, 15) is 9.59 Å². The third-order valence-corrected chi connectivity index (χ3v) is 5.49. The number of quaternary nitrogens is 1. The molecule has 3 N–H and O–H groups in total. The smallest absolute Gasteiger partial charge is 0.279 e. The van der Waals surface area contributed by atoms with E-state index in [1.165, 1.54) is 11.1 Å². The van der Waals surface area contributed by atoms with Gasteiger partial charge in [-0.1, -0.05) is 51.1 Å². The number of anilines is 1. The number of hydrogen-bond donors (Lipinski definition) is 2. The lowest BCUT2D eigenvalue weighted by Crippen LogP contribution is -2.88. The Morgan fingerprint density at radius 1 is 1.00 bits per heavy atom. The minimum Gasteiger partial charge on any atom is -0.339 e. The fourth-order valence-corrected chi connectivity index (χ4v) is 3.64. The van der Waals surface area contributed by atoms with E-state index >= 15 is 0 Å². The first-order chi connectivity index (χ1) is 14.4. The molecule has 0 saturated carbocycles. The Hall–Kier alpha value is -2.66. The number of rotatable bonds is 10. The molecular weight excluding hydrogens is 374 g/mol. The van der Waals surface area contributed by atoms with Crippen LogP contribution in [-0.4, -0.2) is 36.3 Å². The second kappa shape index (κ2) is 11.5. The van der Waals surface area contributed by atoms with E-state index < -0.39 is 0 Å². The first kappa shape index (κ1) is 23.6. The van der Waals surface area contributed by atoms with E-state index in [2.05, 4.69) is 55.7 Å². The molecule has 5 nitrogen and oxygen atoms in total. The average Bonchev–Trinajstić information content (AvgIpc) is 2.75. The van der Waals surface area contributed by atoms with E-state index in [0.717, 1.165) is 6.42 Å². The molecule has 0 heterocycles. The van der Waals surface area contributed by atoms with Crippen LogP contribution in [0.2, 0.25) is 0 Å². The zero-order valence-electron chi connectivity index (χ0n) is 18.9. The molecule has 0 aliphatic rings. The number of carbonyl (C=O) groups excluding carboxylic acids is 2. The summed E-state index contributed by atoms with van der Waals surface area (Å²) in [5.41, 5.74) is 3.80. The first-order valence-electron chi connectivity index (χ1n) is 11.0. The van der Waals surface area contributed by atoms with Crippen LogP contribution in [-0.2, 0) is 11.2 Å². The van der Waals surface area contributed by atoms with Gasteiger partial charge in [-0.25, -0.2) is 0 Å². The minimum atomic E-state index is -0.0710. The van der Waals surface area contributed by atoms with Gasteiger partial charge in [-0.05, 0) is 44.0 Å². The van der Waals surface area contributed by atoms with Crippen LogP contribution in [0, 0.1) is 5.92 Å². The zero-order valence-corrected chi connectivity index (χ0v) is 18.9. The number of benzene rings is 2. The van der Waals surface area contributed by atoms with Crippen LogP contribution in [0.15, 0.2) is 48.5 Å². The highest BCUT2D eigenvalue weighted by Crippen LogP contribution is 2.18. The lowest BCUT2D eigenvalue weighted by Gasteiger charge is -2.20. The second-order valence-electron chi connectivity index (χ2n) is 7.91. The summed E-state index contributed by atoms with van der Waals surface area (Å²) in [5, 5.41) is 5.02. The standard InChI is InChI=1S/C25H35N3O2/c1-6-19-12-14-20(15-13-19)24(18(4)5)26-17-23(29)27-22-11-9-10-21(16-22)25(30)28(7-2)8-3/h9-16,18,24,26H,6-8,17H2,1-5H3,(H,27,29)/p+1/t24-/m0/s1. The van der Waals surface area contributed by atoms with Gasteiger partial charge in [0.25, 0.3) is 11.8 Å². The van der Waals surface area contributed by atoms with Crippen molar-refractivity contribution in [2.45, 2.75) is 47.1 Å². The SMILES string of the molecule is CCc1ccc([C@@H]([NH2+]CC(=O)Nc2cccc(C(=O)N(CC)CC)c2)C(C)C)cc1. The first-order valence-corrected chi connectivity index (χ1v) is 11.0. The molecule has 2 aromatic rings. The molecule has 1 atom stereocenters. The van der Waals surface area contributed by atoms with Crippen molar-refractivity contribution < 1.29 is 14.9 Å². The Kier molecular flexibility index (Phi) is 9.06. The monoisotopic (exact) mass is 410 g/mol. The van der Waals surface area contributed by atoms with E-state index in [1.807, 2.05) is 26.0 Å². The predicted molar refractivity (Wildman–Crippen MR) is 123 cm³/mol. The molecule has 0 aromatic heterocycles. The second-order valence-corrected chi connectivity index (χ2v) is 7.91. The fourth-order valence-electron chi connectivity index (χ4n) is 3.64. The minimum absolute atomic E-state index is 0.0157. The number of nitrogens with two attached hydrogens (primary N) is 1. The average molecular weight is 411 g/mol. The van der Waals surface area contributed by atoms with Crippen LogP contribution in [0.3, 0.4) is 0 Å². The lowest BCUT2D eigenvalue weighted by molar-refractivity contribution is -0.692. The Morgan fingerprint density at radius 3 is 2.23 bits per heavy atom. The van der Waals surface area contributed by atoms with Crippen molar-refractivity contribution in [1.29, 1.82) is 0 Å². The molecule has 0 spiro atoms. The summed E-state index contributed by atoms with van der Waals surface area (Å²) >= 11 is 0. The van der Waals surface area contributed by atoms with Crippen molar-refractivity contribution in [1.82, 2.24) is 4.90 Å². The molecule has 0 radical (unpaired) electrons. The Balaban J connectivity index is 2.00. The molecule has 2 aromatic carbocycles. The van der Waals surface area contributed by atoms with Crippen molar-refractivity contribution in [3.8, 4) is 0 Å². The topological polar surface area (TPSA) is 66.0 Å². The lowest BCUT2D eigenvalue weighted by atomic mass is 9.95. The van der Waals surface area contributed by atoms with Crippen LogP contribution in [0.4, 0.5) is 5.69 Å². The summed E-state index contributed by atoms with van der Waals surface area (Å²) in [6, 6.07) is 16.0. The highest BCUT2D eigenvalue weighted by molar-refractivity contribution is 5.97. The molecule has 0 aliphatic carbocycles. The molecule has 162 valence electrons. The van der Waals surface area contributed by atoms with Gasteiger partial charge >= 0.3 is 0 Å². The number of carbonyl (C=O) groups is 2. The van der Waals surface area contributed by atoms with Crippen molar-refractivity contribution in [3.63, 3.8) is 0 Å². The van der Waals surface area contributed by atoms with Gasteiger partial charge in [-0.15, -0.1) is 0 Å². The number of hydrogen-bond acceptors (Lipinski definition) is 2. The van der Waals surface area contributed by atoms with Crippen LogP contribution in [0.1, 0.15) is 62.1 Å². The quantitative estimate of drug-likeness (QED) is 0.628. The van der Waals surface area contributed by atoms with Gasteiger partial charge in [-0.2, -0.15) is 0 Å². The van der Waals surface area contributed by atoms with Crippen LogP contribution in [0.25, 0.3) is 0 Å². The summed E-state index contributed by atoms with van der Waals surface area (Å²) in [6.45, 7) is 12.1. The third kappa shape index (κ3) is 6.42. The number of nitrogens with one attached hydrogen (secondary N) is 1. The summed E-state index contributed by atoms with van der Waals surface area (Å²) in [4.78, 5) is 26.9. The molecule has 2 amide bonds. The normalized spacial score (nSPS) is 11.9. The molecule has 2 rings (SSSR count). The predicted octanol–water partition coefficient (Wildman–Crippen LogP) is 3.63. The van der Waals surface area contributed by atoms with E-state index in [4.69, 9.17) is 0 Å². The van der Waals surface area contributed by atoms with E-state index in [1.54, 1.807) is 17.0 Å². The fraction of sp³-hybridized carbons (Fsp3) is 0.440. The van der Waals surface area contributed by atoms with E-state index in [0.29, 0.717) is 36.8 Å². The zero-order chi connectivity index (χ0) is 22.1. The molecule has 0 unspecified atom stereocenters. The van der Waals surface area contributed by atoms with Crippen LogP contribution in [0.5, 0.6) is 0 Å². The van der Waals surface area contributed by atoms with Gasteiger partial charge in [0.2, 0.25) is 0 Å². The molecule has 5 heteroatoms. The summed E-state index contributed by atoms with van der Waals surface area (Å²) in [5.74, 6) is 0.316. The molecule has 0 fully saturated rings. The van der Waals surface area contributed by atoms with Gasteiger partial charge in [-0.3, -0.25) is 9.59 Å². The van der Waals surface area contributed by atoms with Crippen molar-refractivity contribution in [2.24, 2.45) is 5.92 Å². The number of aryl methyl sites for hydroxylation is 1. The number of nitrogens with zero attached hydrogens (tertiary/aromatic N) is 1. The van der Waals surface area contributed by atoms with Gasteiger partial charge in [0, 0.05) is 35.8 Å². The maximum absolute atomic E-state index is 12.6. The molecular formula is C25H36N3O2+. The summed E-state index contributed by atoms with van der Waals surface area (Å²) in [6.07, 6.45) is 1.02. The Bertz CT molecular complexity index is 827. The van der Waals surface area contributed by atoms with Gasteiger partial charge < -0.3 is 15.5 Å². The van der Waals surface area contributed by atoms with Gasteiger partial charge in [0.1, 0.15) is 6.04 Å². The van der Waals surface area contributed by atoms with Gasteiger partial charge in [0.05, 0.1) is 0 Å². The van der Waals surface area contributed by atoms with Crippen LogP contribution >= 0.6 is 0 Å². The molecule has 30 heavy (non-hydrogen) atoms. The molecule has 0 bridgehead atoms. The van der Waals surface area contributed by atoms with Crippen LogP contribution < -0.4 is 10.6 Å². The summed E-state index contributed by atoms with van der Waals surface area (Å²) < 4.78 is 0. The Morgan fingerprint density at radius 2 is 1.67 bits per heavy atom. The Labute approximate surface area is 180 Å². The molecule has 0 saturated heterocycles. The maximum atomic E-state index is 12.6. The van der Waals surface area contributed by atoms with E-state index in [-0.39, 0.29) is 17.9 Å². The van der Waals surface area contributed by atoms with Crippen molar-refractivity contribution in [2.75, 3.05) is 25.0 Å². The van der Waals surface area contributed by atoms with Crippen molar-refractivity contribution >= 4 is 17.5 Å². The summed E-state index contributed by atoms with van der Waals surface area (Å²) in [7, 11) is 0.